The molecule has 1 atom stereocenters. The molecule has 1 aliphatic rings. The van der Waals surface area contributed by atoms with Crippen LogP contribution in [0.4, 0.5) is 0 Å². The summed E-state index contributed by atoms with van der Waals surface area (Å²) in [5, 5.41) is 3.13. The predicted molar refractivity (Wildman–Crippen MR) is 112 cm³/mol. The van der Waals surface area contributed by atoms with Gasteiger partial charge in [-0.3, -0.25) is 14.5 Å². The number of carbonyl (C=O) groups excluding carboxylic acids is 2. The Balaban J connectivity index is 1.49. The van der Waals surface area contributed by atoms with Crippen LogP contribution in [0.3, 0.4) is 0 Å². The number of hydrogen-bond donors (Lipinski definition) is 1. The summed E-state index contributed by atoms with van der Waals surface area (Å²) in [6.45, 7) is 5.60. The third-order valence-electron chi connectivity index (χ3n) is 4.53. The first kappa shape index (κ1) is 20.3. The Morgan fingerprint density at radius 2 is 1.89 bits per heavy atom. The van der Waals surface area contributed by atoms with E-state index in [0.29, 0.717) is 23.7 Å². The van der Waals surface area contributed by atoms with Gasteiger partial charge in [-0.25, -0.2) is 0 Å². The third-order valence-corrected chi connectivity index (χ3v) is 6.47. The summed E-state index contributed by atoms with van der Waals surface area (Å²) in [5.41, 5.74) is 0.380. The first-order valence-corrected chi connectivity index (χ1v) is 10.7. The molecule has 0 radical (unpaired) electrons. The lowest BCUT2D eigenvalue weighted by molar-refractivity contribution is -0.134. The van der Waals surface area contributed by atoms with Crippen molar-refractivity contribution in [2.45, 2.75) is 19.5 Å². The second kappa shape index (κ2) is 9.19. The van der Waals surface area contributed by atoms with Gasteiger partial charge >= 0.3 is 0 Å². The van der Waals surface area contributed by atoms with Crippen LogP contribution >= 0.6 is 38.9 Å². The van der Waals surface area contributed by atoms with Crippen molar-refractivity contribution in [1.29, 1.82) is 0 Å². The molecule has 8 heteroatoms. The van der Waals surface area contributed by atoms with E-state index in [4.69, 9.17) is 11.6 Å². The Morgan fingerprint density at radius 1 is 1.19 bits per heavy atom. The molecule has 1 saturated heterocycles. The topological polar surface area (TPSA) is 52.7 Å². The van der Waals surface area contributed by atoms with Gasteiger partial charge in [0.1, 0.15) is 6.04 Å². The average molecular weight is 471 g/mol. The van der Waals surface area contributed by atoms with Gasteiger partial charge in [0.2, 0.25) is 5.91 Å². The predicted octanol–water partition coefficient (Wildman–Crippen LogP) is 3.63. The van der Waals surface area contributed by atoms with E-state index in [-0.39, 0.29) is 11.8 Å². The van der Waals surface area contributed by atoms with Crippen LogP contribution in [0.5, 0.6) is 0 Å². The fraction of sp³-hybridized carbons (Fsp3) is 0.368. The Morgan fingerprint density at radius 3 is 2.52 bits per heavy atom. The molecule has 1 aromatic heterocycles. The molecule has 2 aromatic rings. The standard InChI is InChI=1S/C19H21BrClN3O2S/c1-13(22-18(25)15-4-2-3-5-16(15)21)19(26)24-10-8-23(9-11-24)12-14-6-7-17(20)27-14/h2-7,13H,8-12H2,1H3,(H,22,25)/t13-/m0/s1. The summed E-state index contributed by atoms with van der Waals surface area (Å²) in [6, 6.07) is 10.4. The molecule has 2 amide bonds. The zero-order chi connectivity index (χ0) is 19.4. The summed E-state index contributed by atoms with van der Waals surface area (Å²) >= 11 is 11.3. The minimum Gasteiger partial charge on any atom is -0.340 e. The van der Waals surface area contributed by atoms with Crippen LogP contribution in [-0.2, 0) is 11.3 Å². The highest BCUT2D eigenvalue weighted by Crippen LogP contribution is 2.23. The Labute approximate surface area is 176 Å². The number of hydrogen-bond acceptors (Lipinski definition) is 4. The van der Waals surface area contributed by atoms with Crippen LogP contribution < -0.4 is 5.32 Å². The average Bonchev–Trinajstić information content (AvgIpc) is 3.06. The maximum atomic E-state index is 12.7. The second-order valence-electron chi connectivity index (χ2n) is 6.48. The van der Waals surface area contributed by atoms with Gasteiger partial charge in [0.15, 0.2) is 0 Å². The van der Waals surface area contributed by atoms with Crippen LogP contribution in [0.25, 0.3) is 0 Å². The SMILES string of the molecule is C[C@H](NC(=O)c1ccccc1Cl)C(=O)N1CCN(Cc2ccc(Br)s2)CC1. The summed E-state index contributed by atoms with van der Waals surface area (Å²) in [7, 11) is 0. The zero-order valence-corrected chi connectivity index (χ0v) is 18.1. The molecule has 0 saturated carbocycles. The minimum absolute atomic E-state index is 0.0612. The van der Waals surface area contributed by atoms with Crippen molar-refractivity contribution in [3.8, 4) is 0 Å². The van der Waals surface area contributed by atoms with E-state index in [1.807, 2.05) is 4.90 Å². The second-order valence-corrected chi connectivity index (χ2v) is 9.44. The molecule has 0 bridgehead atoms. The molecule has 1 N–H and O–H groups in total. The van der Waals surface area contributed by atoms with Gasteiger partial charge in [-0.15, -0.1) is 11.3 Å². The molecule has 144 valence electrons. The molecule has 1 aromatic carbocycles. The van der Waals surface area contributed by atoms with Crippen LogP contribution in [0.15, 0.2) is 40.2 Å². The smallest absolute Gasteiger partial charge is 0.253 e. The fourth-order valence-electron chi connectivity index (χ4n) is 3.04. The first-order valence-electron chi connectivity index (χ1n) is 8.75. The molecular formula is C19H21BrClN3O2S. The summed E-state index contributed by atoms with van der Waals surface area (Å²) < 4.78 is 1.13. The molecule has 0 spiro atoms. The highest BCUT2D eigenvalue weighted by atomic mass is 79.9. The molecule has 27 heavy (non-hydrogen) atoms. The lowest BCUT2D eigenvalue weighted by Gasteiger charge is -2.35. The quantitative estimate of drug-likeness (QED) is 0.726. The fourth-order valence-corrected chi connectivity index (χ4v) is 4.79. The number of rotatable bonds is 5. The van der Waals surface area contributed by atoms with Gasteiger partial charge in [-0.2, -0.15) is 0 Å². The van der Waals surface area contributed by atoms with E-state index in [2.05, 4.69) is 38.3 Å². The largest absolute Gasteiger partial charge is 0.340 e. The molecule has 0 aliphatic carbocycles. The van der Waals surface area contributed by atoms with Crippen molar-refractivity contribution >= 4 is 50.7 Å². The third kappa shape index (κ3) is 5.31. The highest BCUT2D eigenvalue weighted by Gasteiger charge is 2.26. The van der Waals surface area contributed by atoms with E-state index in [1.54, 1.807) is 42.5 Å². The van der Waals surface area contributed by atoms with Crippen molar-refractivity contribution in [3.63, 3.8) is 0 Å². The Bertz CT molecular complexity index is 821. The number of carbonyl (C=O) groups is 2. The van der Waals surface area contributed by atoms with Gasteiger partial charge in [0.25, 0.3) is 5.91 Å². The Kier molecular flexibility index (Phi) is 6.92. The lowest BCUT2D eigenvalue weighted by atomic mass is 10.2. The number of piperazine rings is 1. The zero-order valence-electron chi connectivity index (χ0n) is 15.0. The van der Waals surface area contributed by atoms with Crippen LogP contribution in [0.2, 0.25) is 5.02 Å². The molecule has 5 nitrogen and oxygen atoms in total. The van der Waals surface area contributed by atoms with E-state index >= 15 is 0 Å². The molecular weight excluding hydrogens is 450 g/mol. The Hall–Kier alpha value is -1.41. The molecule has 0 unspecified atom stereocenters. The van der Waals surface area contributed by atoms with Gasteiger partial charge in [-0.05, 0) is 47.1 Å². The molecule has 3 rings (SSSR count). The number of amides is 2. The lowest BCUT2D eigenvalue weighted by Crippen LogP contribution is -2.53. The van der Waals surface area contributed by atoms with Gasteiger partial charge in [-0.1, -0.05) is 23.7 Å². The molecule has 1 aliphatic heterocycles. The number of benzene rings is 1. The van der Waals surface area contributed by atoms with E-state index < -0.39 is 6.04 Å². The van der Waals surface area contributed by atoms with Gasteiger partial charge in [0.05, 0.1) is 14.4 Å². The van der Waals surface area contributed by atoms with Crippen molar-refractivity contribution in [3.05, 3.63) is 55.6 Å². The monoisotopic (exact) mass is 469 g/mol. The summed E-state index contributed by atoms with van der Waals surface area (Å²) in [4.78, 5) is 30.5. The van der Waals surface area contributed by atoms with Gasteiger partial charge in [0, 0.05) is 37.6 Å². The normalized spacial score (nSPS) is 16.2. The van der Waals surface area contributed by atoms with Crippen LogP contribution in [0, 0.1) is 0 Å². The summed E-state index contributed by atoms with van der Waals surface area (Å²) in [6.07, 6.45) is 0. The molecule has 1 fully saturated rings. The number of thiophene rings is 1. The van der Waals surface area contributed by atoms with Crippen molar-refractivity contribution in [1.82, 2.24) is 15.1 Å². The first-order chi connectivity index (χ1) is 12.9. The van der Waals surface area contributed by atoms with Crippen molar-refractivity contribution in [2.24, 2.45) is 0 Å². The summed E-state index contributed by atoms with van der Waals surface area (Å²) in [5.74, 6) is -0.391. The van der Waals surface area contributed by atoms with Crippen molar-refractivity contribution in [2.75, 3.05) is 26.2 Å². The maximum Gasteiger partial charge on any atom is 0.253 e. The maximum absolute atomic E-state index is 12.7. The van der Waals surface area contributed by atoms with Crippen LogP contribution in [-0.4, -0.2) is 53.8 Å². The number of nitrogens with zero attached hydrogens (tertiary/aromatic N) is 2. The molecule has 2 heterocycles. The van der Waals surface area contributed by atoms with E-state index in [0.717, 1.165) is 23.4 Å². The van der Waals surface area contributed by atoms with E-state index in [1.165, 1.54) is 4.88 Å². The number of nitrogens with one attached hydrogen (secondary N) is 1. The highest BCUT2D eigenvalue weighted by molar-refractivity contribution is 9.11. The van der Waals surface area contributed by atoms with E-state index in [9.17, 15) is 9.59 Å². The number of halogens is 2. The van der Waals surface area contributed by atoms with Crippen molar-refractivity contribution < 1.29 is 9.59 Å². The van der Waals surface area contributed by atoms with Gasteiger partial charge < -0.3 is 10.2 Å². The minimum atomic E-state index is -0.589. The van der Waals surface area contributed by atoms with Crippen LogP contribution in [0.1, 0.15) is 22.2 Å².